The van der Waals surface area contributed by atoms with Gasteiger partial charge in [0.15, 0.2) is 5.82 Å². The first kappa shape index (κ1) is 27.9. The van der Waals surface area contributed by atoms with Gasteiger partial charge in [0.25, 0.3) is 0 Å². The van der Waals surface area contributed by atoms with Crippen LogP contribution in [0.1, 0.15) is 0 Å². The Bertz CT molecular complexity index is 2890. The monoisotopic (exact) mass is 640 g/mol. The van der Waals surface area contributed by atoms with E-state index in [0.29, 0.717) is 0 Å². The summed E-state index contributed by atoms with van der Waals surface area (Å²) in [5, 5.41) is 9.71. The van der Waals surface area contributed by atoms with Gasteiger partial charge in [-0.1, -0.05) is 140 Å². The van der Waals surface area contributed by atoms with Crippen LogP contribution in [0.3, 0.4) is 0 Å². The Labute approximate surface area is 287 Å². The Hall–Kier alpha value is -6.16. The van der Waals surface area contributed by atoms with Crippen LogP contribution in [0.15, 0.2) is 170 Å². The molecule has 49 heavy (non-hydrogen) atoms. The van der Waals surface area contributed by atoms with E-state index in [9.17, 15) is 0 Å². The molecule has 10 rings (SSSR count). The molecule has 0 aliphatic heterocycles. The number of fused-ring (bicyclic) bond motifs is 7. The number of thiophene rings is 1. The van der Waals surface area contributed by atoms with Gasteiger partial charge in [-0.15, -0.1) is 11.3 Å². The van der Waals surface area contributed by atoms with Gasteiger partial charge in [-0.05, 0) is 73.8 Å². The fraction of sp³-hybridized carbons (Fsp3) is 0. The number of benzene rings is 8. The summed E-state index contributed by atoms with van der Waals surface area (Å²) in [6, 6.07) is 60.8. The molecule has 10 aromatic rings. The SMILES string of the molecule is c1ccc(-c2cc(-c3ccccc3-c3ccc4sc5ccccc5c4c3)nc(-c3c4ccccc4cc4c3ccc3ccccc34)n2)cc1. The Balaban J connectivity index is 1.26. The fourth-order valence-electron chi connectivity index (χ4n) is 7.37. The van der Waals surface area contributed by atoms with Crippen molar-refractivity contribution in [1.29, 1.82) is 0 Å². The Morgan fingerprint density at radius 1 is 0.347 bits per heavy atom. The molecule has 8 aromatic carbocycles. The van der Waals surface area contributed by atoms with E-state index >= 15 is 0 Å². The second-order valence-corrected chi connectivity index (χ2v) is 13.6. The minimum absolute atomic E-state index is 0.725. The normalized spacial score (nSPS) is 11.7. The molecule has 0 aliphatic carbocycles. The van der Waals surface area contributed by atoms with Gasteiger partial charge in [-0.25, -0.2) is 9.97 Å². The zero-order valence-corrected chi connectivity index (χ0v) is 27.3. The van der Waals surface area contributed by atoms with Gasteiger partial charge in [0.05, 0.1) is 11.4 Å². The lowest BCUT2D eigenvalue weighted by Crippen LogP contribution is -1.98. The highest BCUT2D eigenvalue weighted by Crippen LogP contribution is 2.42. The van der Waals surface area contributed by atoms with Crippen molar-refractivity contribution in [2.75, 3.05) is 0 Å². The van der Waals surface area contributed by atoms with Crippen LogP contribution in [-0.2, 0) is 0 Å². The third kappa shape index (κ3) is 4.62. The average Bonchev–Trinajstić information content (AvgIpc) is 3.55. The molecule has 2 nitrogen and oxygen atoms in total. The molecule has 2 heterocycles. The summed E-state index contributed by atoms with van der Waals surface area (Å²) in [4.78, 5) is 10.8. The molecule has 228 valence electrons. The first-order chi connectivity index (χ1) is 24.3. The highest BCUT2D eigenvalue weighted by molar-refractivity contribution is 7.25. The molecule has 2 aromatic heterocycles. The van der Waals surface area contributed by atoms with E-state index in [1.54, 1.807) is 0 Å². The highest BCUT2D eigenvalue weighted by atomic mass is 32.1. The summed E-state index contributed by atoms with van der Waals surface area (Å²) in [6.45, 7) is 0. The molecule has 0 amide bonds. The second kappa shape index (κ2) is 11.2. The maximum atomic E-state index is 5.46. The predicted octanol–water partition coefficient (Wildman–Crippen LogP) is 13.0. The number of aromatic nitrogens is 2. The predicted molar refractivity (Wildman–Crippen MR) is 209 cm³/mol. The highest BCUT2D eigenvalue weighted by Gasteiger charge is 2.19. The third-order valence-corrected chi connectivity index (χ3v) is 10.8. The van der Waals surface area contributed by atoms with Gasteiger partial charge < -0.3 is 0 Å². The van der Waals surface area contributed by atoms with Crippen molar-refractivity contribution in [3.63, 3.8) is 0 Å². The van der Waals surface area contributed by atoms with Crippen LogP contribution in [0, 0.1) is 0 Å². The summed E-state index contributed by atoms with van der Waals surface area (Å²) in [6.07, 6.45) is 0. The molecular formula is C46H28N2S. The number of nitrogens with zero attached hydrogens (tertiary/aromatic N) is 2. The van der Waals surface area contributed by atoms with E-state index in [-0.39, 0.29) is 0 Å². The first-order valence-electron chi connectivity index (χ1n) is 16.6. The van der Waals surface area contributed by atoms with Crippen LogP contribution in [0.25, 0.3) is 97.5 Å². The summed E-state index contributed by atoms with van der Waals surface area (Å²) in [5.74, 6) is 0.725. The van der Waals surface area contributed by atoms with Gasteiger partial charge in [0.1, 0.15) is 0 Å². The molecular weight excluding hydrogens is 613 g/mol. The zero-order chi connectivity index (χ0) is 32.3. The van der Waals surface area contributed by atoms with Crippen LogP contribution < -0.4 is 0 Å². The van der Waals surface area contributed by atoms with Crippen molar-refractivity contribution in [2.24, 2.45) is 0 Å². The smallest absolute Gasteiger partial charge is 0.161 e. The molecule has 0 atom stereocenters. The lowest BCUT2D eigenvalue weighted by molar-refractivity contribution is 1.19. The van der Waals surface area contributed by atoms with Crippen LogP contribution >= 0.6 is 11.3 Å². The maximum Gasteiger partial charge on any atom is 0.161 e. The van der Waals surface area contributed by atoms with E-state index in [2.05, 4.69) is 170 Å². The zero-order valence-electron chi connectivity index (χ0n) is 26.5. The molecule has 0 saturated carbocycles. The molecule has 0 aliphatic rings. The van der Waals surface area contributed by atoms with Crippen LogP contribution in [0.2, 0.25) is 0 Å². The Kier molecular flexibility index (Phi) is 6.39. The van der Waals surface area contributed by atoms with Gasteiger partial charge in [0.2, 0.25) is 0 Å². The molecule has 0 spiro atoms. The number of hydrogen-bond acceptors (Lipinski definition) is 3. The van der Waals surface area contributed by atoms with Crippen molar-refractivity contribution in [2.45, 2.75) is 0 Å². The number of hydrogen-bond donors (Lipinski definition) is 0. The first-order valence-corrected chi connectivity index (χ1v) is 17.4. The molecule has 3 heteroatoms. The topological polar surface area (TPSA) is 25.8 Å². The van der Waals surface area contributed by atoms with Crippen LogP contribution in [0.5, 0.6) is 0 Å². The summed E-state index contributed by atoms with van der Waals surface area (Å²) in [5.41, 5.74) is 7.32. The van der Waals surface area contributed by atoms with E-state index in [1.807, 2.05) is 11.3 Å². The largest absolute Gasteiger partial charge is 0.228 e. The lowest BCUT2D eigenvalue weighted by atomic mass is 9.92. The molecule has 0 N–H and O–H groups in total. The van der Waals surface area contributed by atoms with Crippen molar-refractivity contribution in [3.05, 3.63) is 170 Å². The molecule has 0 bridgehead atoms. The van der Waals surface area contributed by atoms with Gasteiger partial charge in [0, 0.05) is 36.9 Å². The van der Waals surface area contributed by atoms with Gasteiger partial charge in [-0.3, -0.25) is 0 Å². The summed E-state index contributed by atoms with van der Waals surface area (Å²) >= 11 is 1.85. The van der Waals surface area contributed by atoms with Crippen molar-refractivity contribution >= 4 is 63.8 Å². The third-order valence-electron chi connectivity index (χ3n) is 9.68. The number of rotatable bonds is 4. The molecule has 0 radical (unpaired) electrons. The Morgan fingerprint density at radius 2 is 1.02 bits per heavy atom. The second-order valence-electron chi connectivity index (χ2n) is 12.5. The van der Waals surface area contributed by atoms with Crippen LogP contribution in [0.4, 0.5) is 0 Å². The average molecular weight is 641 g/mol. The van der Waals surface area contributed by atoms with Crippen LogP contribution in [-0.4, -0.2) is 9.97 Å². The molecule has 0 fully saturated rings. The lowest BCUT2D eigenvalue weighted by Gasteiger charge is -2.16. The van der Waals surface area contributed by atoms with Crippen molar-refractivity contribution in [1.82, 2.24) is 9.97 Å². The minimum Gasteiger partial charge on any atom is -0.228 e. The maximum absolute atomic E-state index is 5.46. The van der Waals surface area contributed by atoms with E-state index in [1.165, 1.54) is 47.3 Å². The minimum atomic E-state index is 0.725. The van der Waals surface area contributed by atoms with Gasteiger partial charge in [-0.2, -0.15) is 0 Å². The molecule has 0 unspecified atom stereocenters. The summed E-state index contributed by atoms with van der Waals surface area (Å²) in [7, 11) is 0. The molecule has 0 saturated heterocycles. The van der Waals surface area contributed by atoms with Gasteiger partial charge >= 0.3 is 0 Å². The fourth-order valence-corrected chi connectivity index (χ4v) is 8.45. The van der Waals surface area contributed by atoms with E-state index in [4.69, 9.17) is 9.97 Å². The van der Waals surface area contributed by atoms with E-state index < -0.39 is 0 Å². The van der Waals surface area contributed by atoms with Crippen molar-refractivity contribution in [3.8, 4) is 45.0 Å². The quantitative estimate of drug-likeness (QED) is 0.141. The Morgan fingerprint density at radius 3 is 1.90 bits per heavy atom. The van der Waals surface area contributed by atoms with Crippen molar-refractivity contribution < 1.29 is 0 Å². The standard InChI is InChI=1S/C46H28N2S/c1-2-13-30(14-3-1)41-28-42(36-19-9-8-17-34(36)32-23-25-44-40(27-32)37-20-10-11-21-43(37)49-44)48-46(47-41)45-35-18-7-5-15-31(35)26-39-33-16-6-4-12-29(33)22-24-38(39)45/h1-28H. The van der Waals surface area contributed by atoms with E-state index in [0.717, 1.165) is 50.2 Å². The summed E-state index contributed by atoms with van der Waals surface area (Å²) < 4.78 is 2.61.